The van der Waals surface area contributed by atoms with Crippen molar-refractivity contribution in [1.29, 1.82) is 0 Å². The Morgan fingerprint density at radius 1 is 1.35 bits per heavy atom. The van der Waals surface area contributed by atoms with Crippen molar-refractivity contribution in [1.82, 2.24) is 9.55 Å². The third kappa shape index (κ3) is 2.51. The van der Waals surface area contributed by atoms with Crippen molar-refractivity contribution in [2.24, 2.45) is 5.73 Å². The zero-order chi connectivity index (χ0) is 12.3. The van der Waals surface area contributed by atoms with Gasteiger partial charge in [-0.1, -0.05) is 30.7 Å². The fraction of sp³-hybridized carbons (Fsp3) is 0.308. The van der Waals surface area contributed by atoms with Gasteiger partial charge in [0.05, 0.1) is 18.2 Å². The Morgan fingerprint density at radius 2 is 2.06 bits per heavy atom. The van der Waals surface area contributed by atoms with Crippen LogP contribution in [0.3, 0.4) is 0 Å². The van der Waals surface area contributed by atoms with Crippen LogP contribution >= 0.6 is 11.6 Å². The molecule has 0 fully saturated rings. The molecule has 0 aliphatic carbocycles. The molecule has 1 unspecified atom stereocenters. The van der Waals surface area contributed by atoms with Crippen LogP contribution in [0.5, 0.6) is 0 Å². The van der Waals surface area contributed by atoms with Gasteiger partial charge in [0.1, 0.15) is 0 Å². The summed E-state index contributed by atoms with van der Waals surface area (Å²) >= 11 is 5.89. The van der Waals surface area contributed by atoms with Gasteiger partial charge in [-0.25, -0.2) is 4.98 Å². The molecule has 0 saturated heterocycles. The van der Waals surface area contributed by atoms with Crippen LogP contribution in [0, 0.1) is 0 Å². The molecule has 2 aromatic rings. The Balaban J connectivity index is 2.39. The fourth-order valence-electron chi connectivity index (χ4n) is 1.92. The van der Waals surface area contributed by atoms with Crippen LogP contribution in [0.2, 0.25) is 5.02 Å². The van der Waals surface area contributed by atoms with Crippen LogP contribution in [0.1, 0.15) is 19.4 Å². The molecule has 17 heavy (non-hydrogen) atoms. The van der Waals surface area contributed by atoms with Crippen molar-refractivity contribution < 1.29 is 0 Å². The maximum Gasteiger partial charge on any atom is 0.0954 e. The van der Waals surface area contributed by atoms with Crippen molar-refractivity contribution in [3.05, 3.63) is 41.8 Å². The summed E-state index contributed by atoms with van der Waals surface area (Å²) in [4.78, 5) is 4.21. The molecule has 0 saturated carbocycles. The monoisotopic (exact) mass is 249 g/mol. The molecule has 2 rings (SSSR count). The lowest BCUT2D eigenvalue weighted by molar-refractivity contribution is 0.500. The van der Waals surface area contributed by atoms with E-state index in [1.165, 1.54) is 0 Å². The Labute approximate surface area is 106 Å². The normalized spacial score (nSPS) is 12.6. The number of halogens is 1. The second kappa shape index (κ2) is 5.34. The average molecular weight is 250 g/mol. The van der Waals surface area contributed by atoms with Crippen LogP contribution in [-0.2, 0) is 0 Å². The van der Waals surface area contributed by atoms with E-state index < -0.39 is 0 Å². The lowest BCUT2D eigenvalue weighted by atomic mass is 10.1. The first kappa shape index (κ1) is 12.1. The van der Waals surface area contributed by atoms with E-state index in [-0.39, 0.29) is 0 Å². The highest BCUT2D eigenvalue weighted by molar-refractivity contribution is 6.30. The van der Waals surface area contributed by atoms with Crippen molar-refractivity contribution in [2.45, 2.75) is 19.4 Å². The van der Waals surface area contributed by atoms with E-state index in [0.717, 1.165) is 22.7 Å². The maximum atomic E-state index is 5.89. The van der Waals surface area contributed by atoms with Crippen LogP contribution in [0.15, 0.2) is 36.8 Å². The third-order valence-electron chi connectivity index (χ3n) is 2.94. The lowest BCUT2D eigenvalue weighted by Crippen LogP contribution is -2.18. The molecule has 0 aliphatic heterocycles. The van der Waals surface area contributed by atoms with E-state index in [1.54, 1.807) is 0 Å². The van der Waals surface area contributed by atoms with E-state index in [0.29, 0.717) is 12.6 Å². The van der Waals surface area contributed by atoms with Gasteiger partial charge in [0, 0.05) is 17.6 Å². The molecular formula is C13H16ClN3. The summed E-state index contributed by atoms with van der Waals surface area (Å²) in [6.07, 6.45) is 4.69. The largest absolute Gasteiger partial charge is 0.328 e. The predicted molar refractivity (Wildman–Crippen MR) is 71.1 cm³/mol. The number of nitrogens with two attached hydrogens (primary N) is 1. The predicted octanol–water partition coefficient (Wildman–Crippen LogP) is 3.11. The molecule has 0 amide bonds. The minimum atomic E-state index is 0.295. The SMILES string of the molecule is CCC(CN)n1cncc1-c1ccc(Cl)cc1. The molecule has 0 radical (unpaired) electrons. The molecule has 1 atom stereocenters. The highest BCUT2D eigenvalue weighted by Crippen LogP contribution is 2.24. The van der Waals surface area contributed by atoms with Gasteiger partial charge < -0.3 is 10.3 Å². The summed E-state index contributed by atoms with van der Waals surface area (Å²) in [5.74, 6) is 0. The fourth-order valence-corrected chi connectivity index (χ4v) is 2.04. The highest BCUT2D eigenvalue weighted by atomic mass is 35.5. The molecule has 3 nitrogen and oxygen atoms in total. The molecule has 0 aliphatic rings. The Kier molecular flexibility index (Phi) is 3.82. The van der Waals surface area contributed by atoms with E-state index in [9.17, 15) is 0 Å². The van der Waals surface area contributed by atoms with Gasteiger partial charge in [-0.05, 0) is 24.1 Å². The summed E-state index contributed by atoms with van der Waals surface area (Å²) < 4.78 is 2.13. The molecule has 90 valence electrons. The number of benzene rings is 1. The molecule has 4 heteroatoms. The van der Waals surface area contributed by atoms with Gasteiger partial charge >= 0.3 is 0 Å². The molecule has 2 N–H and O–H groups in total. The Morgan fingerprint density at radius 3 is 2.65 bits per heavy atom. The van der Waals surface area contributed by atoms with E-state index in [2.05, 4.69) is 16.5 Å². The number of rotatable bonds is 4. The molecule has 1 aromatic heterocycles. The summed E-state index contributed by atoms with van der Waals surface area (Å²) in [7, 11) is 0. The Hall–Kier alpha value is -1.32. The van der Waals surface area contributed by atoms with Crippen LogP contribution in [0.4, 0.5) is 0 Å². The van der Waals surface area contributed by atoms with Gasteiger partial charge in [0.25, 0.3) is 0 Å². The van der Waals surface area contributed by atoms with Gasteiger partial charge in [-0.3, -0.25) is 0 Å². The number of nitrogens with zero attached hydrogens (tertiary/aromatic N) is 2. The minimum Gasteiger partial charge on any atom is -0.328 e. The number of aromatic nitrogens is 2. The van der Waals surface area contributed by atoms with E-state index in [4.69, 9.17) is 17.3 Å². The summed E-state index contributed by atoms with van der Waals surface area (Å²) in [6.45, 7) is 2.75. The molecule has 0 spiro atoms. The number of imidazole rings is 1. The topological polar surface area (TPSA) is 43.8 Å². The van der Waals surface area contributed by atoms with Crippen LogP contribution in [-0.4, -0.2) is 16.1 Å². The van der Waals surface area contributed by atoms with E-state index >= 15 is 0 Å². The quantitative estimate of drug-likeness (QED) is 0.905. The van der Waals surface area contributed by atoms with Crippen LogP contribution < -0.4 is 5.73 Å². The first-order valence-electron chi connectivity index (χ1n) is 5.74. The van der Waals surface area contributed by atoms with Crippen molar-refractivity contribution in [3.8, 4) is 11.3 Å². The smallest absolute Gasteiger partial charge is 0.0954 e. The zero-order valence-electron chi connectivity index (χ0n) is 9.81. The standard InChI is InChI=1S/C13H16ClN3/c1-2-12(7-15)17-9-16-8-13(17)10-3-5-11(14)6-4-10/h3-6,8-9,12H,2,7,15H2,1H3. The second-order valence-corrected chi connectivity index (χ2v) is 4.43. The summed E-state index contributed by atoms with van der Waals surface area (Å²) in [5.41, 5.74) is 7.97. The molecule has 0 bridgehead atoms. The molecule has 1 aromatic carbocycles. The maximum absolute atomic E-state index is 5.89. The van der Waals surface area contributed by atoms with Crippen molar-refractivity contribution in [2.75, 3.05) is 6.54 Å². The molecule has 1 heterocycles. The van der Waals surface area contributed by atoms with Gasteiger partial charge in [0.15, 0.2) is 0 Å². The second-order valence-electron chi connectivity index (χ2n) is 3.99. The van der Waals surface area contributed by atoms with E-state index in [1.807, 2.05) is 36.8 Å². The minimum absolute atomic E-state index is 0.295. The average Bonchev–Trinajstić information content (AvgIpc) is 2.81. The van der Waals surface area contributed by atoms with Gasteiger partial charge in [-0.2, -0.15) is 0 Å². The molecular weight excluding hydrogens is 234 g/mol. The van der Waals surface area contributed by atoms with Crippen molar-refractivity contribution in [3.63, 3.8) is 0 Å². The summed E-state index contributed by atoms with van der Waals surface area (Å²) in [5, 5.41) is 0.741. The summed E-state index contributed by atoms with van der Waals surface area (Å²) in [6, 6.07) is 8.07. The van der Waals surface area contributed by atoms with Crippen molar-refractivity contribution >= 4 is 11.6 Å². The lowest BCUT2D eigenvalue weighted by Gasteiger charge is -2.17. The Bertz CT molecular complexity index is 472. The first-order chi connectivity index (χ1) is 8.26. The van der Waals surface area contributed by atoms with Crippen LogP contribution in [0.25, 0.3) is 11.3 Å². The third-order valence-corrected chi connectivity index (χ3v) is 3.19. The van der Waals surface area contributed by atoms with Gasteiger partial charge in [0.2, 0.25) is 0 Å². The number of hydrogen-bond acceptors (Lipinski definition) is 2. The zero-order valence-corrected chi connectivity index (χ0v) is 10.6. The highest BCUT2D eigenvalue weighted by Gasteiger charge is 2.11. The first-order valence-corrected chi connectivity index (χ1v) is 6.12. The number of hydrogen-bond donors (Lipinski definition) is 1. The van der Waals surface area contributed by atoms with Gasteiger partial charge in [-0.15, -0.1) is 0 Å².